The largest absolute Gasteiger partial charge is 0.478 e. The van der Waals surface area contributed by atoms with Gasteiger partial charge in [-0.25, -0.2) is 4.79 Å². The van der Waals surface area contributed by atoms with Crippen molar-refractivity contribution in [2.75, 3.05) is 0 Å². The maximum absolute atomic E-state index is 12.4. The van der Waals surface area contributed by atoms with E-state index in [0.29, 0.717) is 6.42 Å². The normalized spacial score (nSPS) is 16.5. The van der Waals surface area contributed by atoms with Crippen LogP contribution in [0.2, 0.25) is 0 Å². The van der Waals surface area contributed by atoms with Gasteiger partial charge in [0.25, 0.3) is 0 Å². The number of carboxylic acid groups (broad SMARTS) is 1. The second kappa shape index (κ2) is 7.59. The summed E-state index contributed by atoms with van der Waals surface area (Å²) in [5.41, 5.74) is 3.19. The summed E-state index contributed by atoms with van der Waals surface area (Å²) in [7, 11) is 0. The maximum Gasteiger partial charge on any atom is 0.387 e. The first-order valence-electron chi connectivity index (χ1n) is 8.28. The monoisotopic (exact) mass is 347 g/mol. The first-order chi connectivity index (χ1) is 12.0. The van der Waals surface area contributed by atoms with Crippen molar-refractivity contribution < 1.29 is 23.4 Å². The second-order valence-electron chi connectivity index (χ2n) is 6.20. The summed E-state index contributed by atoms with van der Waals surface area (Å²) in [5.74, 6) is -0.476. The fourth-order valence-electron chi connectivity index (χ4n) is 3.53. The molecule has 1 aromatic heterocycles. The van der Waals surface area contributed by atoms with Gasteiger partial charge in [0, 0.05) is 12.4 Å². The van der Waals surface area contributed by atoms with Crippen LogP contribution < -0.4 is 4.74 Å². The van der Waals surface area contributed by atoms with Crippen LogP contribution in [0.15, 0.2) is 36.7 Å². The molecule has 0 aliphatic heterocycles. The number of halogens is 2. The number of nitrogens with zero attached hydrogens (tertiary/aromatic N) is 1. The van der Waals surface area contributed by atoms with Crippen LogP contribution in [0.1, 0.15) is 52.2 Å². The smallest absolute Gasteiger partial charge is 0.387 e. The number of carbonyl (C=O) groups is 1. The van der Waals surface area contributed by atoms with Crippen LogP contribution in [0.4, 0.5) is 8.78 Å². The molecule has 0 spiro atoms. The molecule has 4 nitrogen and oxygen atoms in total. The topological polar surface area (TPSA) is 59.4 Å². The summed E-state index contributed by atoms with van der Waals surface area (Å²) in [4.78, 5) is 15.3. The van der Waals surface area contributed by atoms with Crippen molar-refractivity contribution in [1.29, 1.82) is 0 Å². The van der Waals surface area contributed by atoms with Gasteiger partial charge in [0.2, 0.25) is 0 Å². The highest BCUT2D eigenvalue weighted by molar-refractivity contribution is 5.89. The number of hydrogen-bond acceptors (Lipinski definition) is 3. The number of benzene rings is 1. The van der Waals surface area contributed by atoms with E-state index in [9.17, 15) is 18.7 Å². The summed E-state index contributed by atoms with van der Waals surface area (Å²) < 4.78 is 29.2. The lowest BCUT2D eigenvalue weighted by Gasteiger charge is -2.26. The molecule has 0 saturated heterocycles. The minimum atomic E-state index is -2.82. The molecule has 1 heterocycles. The molecule has 1 aliphatic carbocycles. The molecule has 6 heteroatoms. The Morgan fingerprint density at radius 2 is 2.20 bits per heavy atom. The predicted octanol–water partition coefficient (Wildman–Crippen LogP) is 4.43. The predicted molar refractivity (Wildman–Crippen MR) is 88.3 cm³/mol. The number of pyridine rings is 1. The van der Waals surface area contributed by atoms with Gasteiger partial charge in [0.15, 0.2) is 0 Å². The van der Waals surface area contributed by atoms with E-state index in [1.54, 1.807) is 18.3 Å². The van der Waals surface area contributed by atoms with Crippen molar-refractivity contribution in [2.45, 2.75) is 44.6 Å². The highest BCUT2D eigenvalue weighted by Crippen LogP contribution is 2.37. The van der Waals surface area contributed by atoms with Crippen LogP contribution in [0.3, 0.4) is 0 Å². The molecule has 0 amide bonds. The molecule has 0 saturated carbocycles. The number of alkyl halides is 2. The number of fused-ring (bicyclic) bond motifs is 1. The van der Waals surface area contributed by atoms with Crippen LogP contribution in [0, 0.1) is 0 Å². The molecule has 0 unspecified atom stereocenters. The lowest BCUT2D eigenvalue weighted by atomic mass is 9.79. The number of rotatable bonds is 6. The summed E-state index contributed by atoms with van der Waals surface area (Å²) in [5, 5.41) is 9.26. The van der Waals surface area contributed by atoms with E-state index in [0.717, 1.165) is 42.4 Å². The van der Waals surface area contributed by atoms with Crippen LogP contribution in [-0.4, -0.2) is 22.7 Å². The van der Waals surface area contributed by atoms with Crippen LogP contribution in [0.5, 0.6) is 5.75 Å². The lowest BCUT2D eigenvalue weighted by Crippen LogP contribution is -2.12. The minimum Gasteiger partial charge on any atom is -0.478 e. The summed E-state index contributed by atoms with van der Waals surface area (Å²) in [6, 6.07) is 6.65. The molecule has 0 radical (unpaired) electrons. The number of hydrogen-bond donors (Lipinski definition) is 1. The Labute approximate surface area is 144 Å². The highest BCUT2D eigenvalue weighted by atomic mass is 19.3. The van der Waals surface area contributed by atoms with Gasteiger partial charge in [0.05, 0.1) is 5.56 Å². The van der Waals surface area contributed by atoms with E-state index < -0.39 is 12.6 Å². The molecular formula is C19H19F2NO3. The Morgan fingerprint density at radius 1 is 1.36 bits per heavy atom. The molecule has 3 rings (SSSR count). The molecule has 1 aliphatic rings. The number of aromatic carboxylic acids is 1. The number of carboxylic acids is 1. The molecule has 25 heavy (non-hydrogen) atoms. The molecule has 1 atom stereocenters. The van der Waals surface area contributed by atoms with Gasteiger partial charge in [-0.15, -0.1) is 0 Å². The quantitative estimate of drug-likeness (QED) is 0.839. The fourth-order valence-corrected chi connectivity index (χ4v) is 3.53. The van der Waals surface area contributed by atoms with Crippen molar-refractivity contribution in [2.24, 2.45) is 0 Å². The zero-order chi connectivity index (χ0) is 17.8. The summed E-state index contributed by atoms with van der Waals surface area (Å²) >= 11 is 0. The number of aryl methyl sites for hydroxylation is 2. The number of ether oxygens (including phenoxy) is 1. The first-order valence-corrected chi connectivity index (χ1v) is 8.28. The maximum atomic E-state index is 12.4. The van der Waals surface area contributed by atoms with Gasteiger partial charge in [-0.1, -0.05) is 6.07 Å². The summed E-state index contributed by atoms with van der Waals surface area (Å²) in [6.45, 7) is -2.82. The Kier molecular flexibility index (Phi) is 5.26. The van der Waals surface area contributed by atoms with Gasteiger partial charge >= 0.3 is 12.6 Å². The highest BCUT2D eigenvalue weighted by Gasteiger charge is 2.22. The standard InChI is InChI=1S/C19H19F2NO3/c20-19(21)25-15-6-7-16-12(2-1-3-13(16)10-15)4-5-14-11-22-9-8-17(14)18(23)24/h6-12,19H,1-5H2,(H,23,24)/t12-/m0/s1. The average molecular weight is 347 g/mol. The Balaban J connectivity index is 1.75. The van der Waals surface area contributed by atoms with Crippen molar-refractivity contribution in [3.63, 3.8) is 0 Å². The Hall–Kier alpha value is -2.50. The SMILES string of the molecule is O=C(O)c1ccncc1CC[C@@H]1CCCc2cc(OC(F)F)ccc21. The van der Waals surface area contributed by atoms with Gasteiger partial charge < -0.3 is 9.84 Å². The molecular weight excluding hydrogens is 328 g/mol. The molecule has 0 fully saturated rings. The van der Waals surface area contributed by atoms with E-state index in [4.69, 9.17) is 0 Å². The van der Waals surface area contributed by atoms with E-state index in [-0.39, 0.29) is 17.2 Å². The van der Waals surface area contributed by atoms with Gasteiger partial charge in [-0.2, -0.15) is 8.78 Å². The van der Waals surface area contributed by atoms with Gasteiger partial charge in [-0.3, -0.25) is 4.98 Å². The van der Waals surface area contributed by atoms with E-state index in [2.05, 4.69) is 9.72 Å². The van der Waals surface area contributed by atoms with Crippen molar-refractivity contribution in [1.82, 2.24) is 4.98 Å². The van der Waals surface area contributed by atoms with Crippen molar-refractivity contribution in [3.8, 4) is 5.75 Å². The van der Waals surface area contributed by atoms with Gasteiger partial charge in [-0.05, 0) is 72.9 Å². The molecule has 1 N–H and O–H groups in total. The zero-order valence-corrected chi connectivity index (χ0v) is 13.6. The van der Waals surface area contributed by atoms with Crippen molar-refractivity contribution in [3.05, 3.63) is 58.9 Å². The van der Waals surface area contributed by atoms with Crippen molar-refractivity contribution >= 4 is 5.97 Å². The second-order valence-corrected chi connectivity index (χ2v) is 6.20. The Bertz CT molecular complexity index is 764. The van der Waals surface area contributed by atoms with Crippen LogP contribution in [-0.2, 0) is 12.8 Å². The third kappa shape index (κ3) is 4.13. The Morgan fingerprint density at radius 3 is 2.96 bits per heavy atom. The molecule has 0 bridgehead atoms. The van der Waals surface area contributed by atoms with E-state index in [1.807, 2.05) is 6.07 Å². The first kappa shape index (κ1) is 17.3. The third-order valence-electron chi connectivity index (χ3n) is 4.67. The van der Waals surface area contributed by atoms with E-state index >= 15 is 0 Å². The third-order valence-corrected chi connectivity index (χ3v) is 4.67. The van der Waals surface area contributed by atoms with Gasteiger partial charge in [0.1, 0.15) is 5.75 Å². The minimum absolute atomic E-state index is 0.190. The fraction of sp³-hybridized carbons (Fsp3) is 0.368. The molecule has 1 aromatic carbocycles. The average Bonchev–Trinajstić information content (AvgIpc) is 2.59. The number of aromatic nitrogens is 1. The summed E-state index contributed by atoms with van der Waals surface area (Å²) in [6.07, 6.45) is 7.34. The van der Waals surface area contributed by atoms with E-state index in [1.165, 1.54) is 12.3 Å². The van der Waals surface area contributed by atoms with Crippen LogP contribution >= 0.6 is 0 Å². The lowest BCUT2D eigenvalue weighted by molar-refractivity contribution is -0.0499. The molecule has 132 valence electrons. The zero-order valence-electron chi connectivity index (χ0n) is 13.6. The molecule has 2 aromatic rings. The van der Waals surface area contributed by atoms with Crippen LogP contribution in [0.25, 0.3) is 0 Å².